The van der Waals surface area contributed by atoms with Gasteiger partial charge in [-0.05, 0) is 60.7 Å². The molecule has 1 fully saturated rings. The Hall–Kier alpha value is -4.00. The Morgan fingerprint density at radius 3 is 2.32 bits per heavy atom. The van der Waals surface area contributed by atoms with Crippen LogP contribution in [0.1, 0.15) is 42.4 Å². The Balaban J connectivity index is 1.57. The fourth-order valence-electron chi connectivity index (χ4n) is 4.79. The Morgan fingerprint density at radius 1 is 0.973 bits per heavy atom. The molecule has 3 aromatic carbocycles. The highest BCUT2D eigenvalue weighted by Gasteiger charge is 2.29. The number of urea groups is 1. The number of benzene rings is 3. The monoisotopic (exact) mass is 501 g/mol. The van der Waals surface area contributed by atoms with Crippen molar-refractivity contribution in [2.24, 2.45) is 0 Å². The van der Waals surface area contributed by atoms with E-state index in [4.69, 9.17) is 9.47 Å². The van der Waals surface area contributed by atoms with E-state index >= 15 is 0 Å². The van der Waals surface area contributed by atoms with Crippen LogP contribution in [0.4, 0.5) is 16.2 Å². The van der Waals surface area contributed by atoms with Crippen molar-refractivity contribution >= 4 is 23.3 Å². The quantitative estimate of drug-likeness (QED) is 0.392. The fourth-order valence-corrected chi connectivity index (χ4v) is 4.79. The number of methoxy groups -OCH3 is 2. The summed E-state index contributed by atoms with van der Waals surface area (Å²) in [6, 6.07) is 21.2. The maximum atomic E-state index is 13.7. The minimum atomic E-state index is -0.272. The molecule has 0 aromatic heterocycles. The van der Waals surface area contributed by atoms with Crippen LogP contribution >= 0.6 is 0 Å². The molecule has 7 heteroatoms. The molecular weight excluding hydrogens is 466 g/mol. The lowest BCUT2D eigenvalue weighted by atomic mass is 9.95. The van der Waals surface area contributed by atoms with E-state index in [9.17, 15) is 9.59 Å². The van der Waals surface area contributed by atoms with Gasteiger partial charge >= 0.3 is 6.03 Å². The Labute approximate surface area is 219 Å². The molecule has 0 aliphatic carbocycles. The van der Waals surface area contributed by atoms with Crippen LogP contribution in [0.5, 0.6) is 11.5 Å². The first-order valence-electron chi connectivity index (χ1n) is 12.7. The normalized spacial score (nSPS) is 14.3. The van der Waals surface area contributed by atoms with Gasteiger partial charge < -0.3 is 19.7 Å². The zero-order valence-corrected chi connectivity index (χ0v) is 22.0. The largest absolute Gasteiger partial charge is 0.497 e. The average molecular weight is 502 g/mol. The van der Waals surface area contributed by atoms with Gasteiger partial charge in [0.1, 0.15) is 11.5 Å². The second-order valence-corrected chi connectivity index (χ2v) is 9.31. The van der Waals surface area contributed by atoms with E-state index in [0.717, 1.165) is 23.1 Å². The van der Waals surface area contributed by atoms with Crippen LogP contribution in [0.2, 0.25) is 0 Å². The van der Waals surface area contributed by atoms with Crippen molar-refractivity contribution in [3.8, 4) is 11.5 Å². The number of amides is 3. The minimum Gasteiger partial charge on any atom is -0.497 e. The number of nitrogens with one attached hydrogen (secondary N) is 1. The number of carbonyl (C=O) groups excluding carboxylic acids is 2. The summed E-state index contributed by atoms with van der Waals surface area (Å²) in [5, 5.41) is 3.13. The van der Waals surface area contributed by atoms with E-state index in [1.807, 2.05) is 85.5 Å². The summed E-state index contributed by atoms with van der Waals surface area (Å²) >= 11 is 0. The Bertz CT molecular complexity index is 1220. The van der Waals surface area contributed by atoms with Gasteiger partial charge in [-0.15, -0.1) is 0 Å². The number of hydrogen-bond donors (Lipinski definition) is 1. The maximum Gasteiger partial charge on any atom is 0.324 e. The third-order valence-electron chi connectivity index (χ3n) is 6.72. The summed E-state index contributed by atoms with van der Waals surface area (Å²) in [5.74, 6) is 1.02. The van der Waals surface area contributed by atoms with Crippen molar-refractivity contribution in [1.29, 1.82) is 0 Å². The van der Waals surface area contributed by atoms with Gasteiger partial charge in [-0.3, -0.25) is 9.69 Å². The summed E-state index contributed by atoms with van der Waals surface area (Å²) in [5.41, 5.74) is 4.28. The van der Waals surface area contributed by atoms with Gasteiger partial charge in [0.2, 0.25) is 5.91 Å². The number of rotatable bonds is 9. The number of nitrogens with zero attached hydrogens (tertiary/aromatic N) is 2. The van der Waals surface area contributed by atoms with Crippen LogP contribution < -0.4 is 19.7 Å². The standard InChI is InChI=1S/C30H35N3O4/c1-5-26(23-10-7-6-8-11-23)29(34)31-27-16-21(2)12-13-28(27)33-15-9-14-32(30(33)35)20-22-17-24(36-3)19-25(18-22)37-4/h6-8,10-13,16-19,26H,5,9,14-15,20H2,1-4H3,(H,31,34). The molecule has 3 amide bonds. The molecule has 1 saturated heterocycles. The number of anilines is 2. The van der Waals surface area contributed by atoms with Crippen molar-refractivity contribution in [2.75, 3.05) is 37.5 Å². The predicted octanol–water partition coefficient (Wildman–Crippen LogP) is 5.98. The van der Waals surface area contributed by atoms with E-state index in [1.165, 1.54) is 0 Å². The molecule has 1 aliphatic rings. The molecule has 4 rings (SSSR count). The molecule has 3 aromatic rings. The maximum absolute atomic E-state index is 13.7. The second kappa shape index (κ2) is 11.8. The highest BCUT2D eigenvalue weighted by Crippen LogP contribution is 2.32. The molecule has 0 spiro atoms. The molecule has 194 valence electrons. The fraction of sp³-hybridized carbons (Fsp3) is 0.333. The van der Waals surface area contributed by atoms with E-state index in [-0.39, 0.29) is 17.9 Å². The lowest BCUT2D eigenvalue weighted by molar-refractivity contribution is -0.117. The Kier molecular flexibility index (Phi) is 8.33. The summed E-state index contributed by atoms with van der Waals surface area (Å²) in [6.07, 6.45) is 1.49. The predicted molar refractivity (Wildman–Crippen MR) is 147 cm³/mol. The number of ether oxygens (including phenoxy) is 2. The molecule has 1 atom stereocenters. The lowest BCUT2D eigenvalue weighted by Crippen LogP contribution is -2.49. The third-order valence-corrected chi connectivity index (χ3v) is 6.72. The first-order valence-corrected chi connectivity index (χ1v) is 12.7. The highest BCUT2D eigenvalue weighted by molar-refractivity contribution is 6.02. The van der Waals surface area contributed by atoms with Gasteiger partial charge in [0, 0.05) is 25.7 Å². The molecule has 0 radical (unpaired) electrons. The molecular formula is C30H35N3O4. The zero-order chi connectivity index (χ0) is 26.4. The van der Waals surface area contributed by atoms with Crippen LogP contribution in [-0.2, 0) is 11.3 Å². The molecule has 0 saturated carbocycles. The molecule has 1 unspecified atom stereocenters. The van der Waals surface area contributed by atoms with Crippen molar-refractivity contribution in [1.82, 2.24) is 4.90 Å². The van der Waals surface area contributed by atoms with Crippen LogP contribution in [-0.4, -0.2) is 44.1 Å². The van der Waals surface area contributed by atoms with Gasteiger partial charge in [-0.25, -0.2) is 4.79 Å². The van der Waals surface area contributed by atoms with E-state index in [2.05, 4.69) is 5.32 Å². The van der Waals surface area contributed by atoms with Gasteiger partial charge in [-0.1, -0.05) is 43.3 Å². The molecule has 7 nitrogen and oxygen atoms in total. The topological polar surface area (TPSA) is 71.1 Å². The van der Waals surface area contributed by atoms with Crippen LogP contribution in [0.25, 0.3) is 0 Å². The van der Waals surface area contributed by atoms with Gasteiger partial charge in [0.05, 0.1) is 31.5 Å². The molecule has 1 heterocycles. The molecule has 1 aliphatic heterocycles. The van der Waals surface area contributed by atoms with Gasteiger partial charge in [0.25, 0.3) is 0 Å². The molecule has 37 heavy (non-hydrogen) atoms. The summed E-state index contributed by atoms with van der Waals surface area (Å²) in [4.78, 5) is 30.6. The smallest absolute Gasteiger partial charge is 0.324 e. The number of hydrogen-bond acceptors (Lipinski definition) is 4. The van der Waals surface area contributed by atoms with Crippen molar-refractivity contribution in [2.45, 2.75) is 39.2 Å². The van der Waals surface area contributed by atoms with Gasteiger partial charge in [0.15, 0.2) is 0 Å². The van der Waals surface area contributed by atoms with Crippen LogP contribution in [0.15, 0.2) is 66.7 Å². The zero-order valence-electron chi connectivity index (χ0n) is 22.0. The number of aryl methyl sites for hydroxylation is 1. The van der Waals surface area contributed by atoms with Crippen LogP contribution in [0, 0.1) is 6.92 Å². The minimum absolute atomic E-state index is 0.0784. The Morgan fingerprint density at radius 2 is 1.68 bits per heavy atom. The SMILES string of the molecule is CCC(C(=O)Nc1cc(C)ccc1N1CCCN(Cc2cc(OC)cc(OC)c2)C1=O)c1ccccc1. The highest BCUT2D eigenvalue weighted by atomic mass is 16.5. The van der Waals surface area contributed by atoms with Crippen molar-refractivity contribution in [3.05, 3.63) is 83.4 Å². The van der Waals surface area contributed by atoms with Crippen molar-refractivity contribution in [3.63, 3.8) is 0 Å². The third kappa shape index (κ3) is 6.05. The van der Waals surface area contributed by atoms with E-state index < -0.39 is 0 Å². The van der Waals surface area contributed by atoms with E-state index in [1.54, 1.807) is 19.1 Å². The van der Waals surface area contributed by atoms with E-state index in [0.29, 0.717) is 48.9 Å². The number of carbonyl (C=O) groups is 2. The first kappa shape index (κ1) is 26.1. The second-order valence-electron chi connectivity index (χ2n) is 9.31. The van der Waals surface area contributed by atoms with Crippen LogP contribution in [0.3, 0.4) is 0 Å². The van der Waals surface area contributed by atoms with Crippen molar-refractivity contribution < 1.29 is 19.1 Å². The summed E-state index contributed by atoms with van der Waals surface area (Å²) in [7, 11) is 3.22. The summed E-state index contributed by atoms with van der Waals surface area (Å²) < 4.78 is 10.8. The molecule has 0 bridgehead atoms. The lowest BCUT2D eigenvalue weighted by Gasteiger charge is -2.36. The molecule has 1 N–H and O–H groups in total. The average Bonchev–Trinajstić information content (AvgIpc) is 2.91. The van der Waals surface area contributed by atoms with Gasteiger partial charge in [-0.2, -0.15) is 0 Å². The first-order chi connectivity index (χ1) is 17.9. The summed E-state index contributed by atoms with van der Waals surface area (Å²) in [6.45, 7) is 5.65.